The number of piperidine rings is 1. The average Bonchev–Trinajstić information content (AvgIpc) is 3.45. The molecule has 2 N–H and O–H groups in total. The Hall–Kier alpha value is -2.05. The Balaban J connectivity index is 1.59. The van der Waals surface area contributed by atoms with E-state index in [4.69, 9.17) is 9.47 Å². The lowest BCUT2D eigenvalue weighted by atomic mass is 9.52. The van der Waals surface area contributed by atoms with E-state index in [9.17, 15) is 9.90 Å². The normalized spacial score (nSPS) is 32.7. The van der Waals surface area contributed by atoms with Crippen LogP contribution in [-0.4, -0.2) is 52.5 Å². The maximum Gasteiger partial charge on any atom is 0.413 e. The van der Waals surface area contributed by atoms with E-state index in [1.807, 2.05) is 33.8 Å². The van der Waals surface area contributed by atoms with Crippen molar-refractivity contribution in [2.24, 2.45) is 5.92 Å². The van der Waals surface area contributed by atoms with E-state index in [0.29, 0.717) is 11.5 Å². The molecular weight excluding hydrogens is 416 g/mol. The van der Waals surface area contributed by atoms with Gasteiger partial charge < -0.3 is 19.9 Å². The Kier molecular flexibility index (Phi) is 5.15. The van der Waals surface area contributed by atoms with Crippen molar-refractivity contribution in [3.8, 4) is 11.5 Å². The number of rotatable bonds is 5. The third-order valence-corrected chi connectivity index (χ3v) is 8.23. The summed E-state index contributed by atoms with van der Waals surface area (Å²) in [7, 11) is 0. The van der Waals surface area contributed by atoms with Crippen LogP contribution in [0.5, 0.6) is 11.5 Å². The molecule has 2 fully saturated rings. The minimum absolute atomic E-state index is 0.0389. The van der Waals surface area contributed by atoms with Gasteiger partial charge in [-0.2, -0.15) is 0 Å². The second kappa shape index (κ2) is 7.47. The maximum atomic E-state index is 12.6. The number of hydrogen-bond donors (Lipinski definition) is 2. The third kappa shape index (κ3) is 3.48. The third-order valence-electron chi connectivity index (χ3n) is 8.23. The van der Waals surface area contributed by atoms with E-state index in [1.54, 1.807) is 0 Å². The summed E-state index contributed by atoms with van der Waals surface area (Å²) in [6.45, 7) is 16.2. The molecule has 1 spiro atoms. The fourth-order valence-electron chi connectivity index (χ4n) is 6.40. The molecule has 6 nitrogen and oxygen atoms in total. The predicted molar refractivity (Wildman–Crippen MR) is 128 cm³/mol. The Morgan fingerprint density at radius 2 is 2.09 bits per heavy atom. The van der Waals surface area contributed by atoms with Crippen LogP contribution in [0.3, 0.4) is 0 Å². The van der Waals surface area contributed by atoms with Crippen LogP contribution in [0.1, 0.15) is 71.4 Å². The molecule has 4 aliphatic rings. The van der Waals surface area contributed by atoms with Gasteiger partial charge in [-0.1, -0.05) is 19.6 Å². The molecule has 0 radical (unpaired) electrons. The summed E-state index contributed by atoms with van der Waals surface area (Å²) < 4.78 is 12.4. The SMILES string of the molecule is C=C(CC)[C@@H]1Oc2c(OC(=O)NC(C)(C)C)ccc3c2[C@@]12CCN(CC1CC1)C(C3)[C@@]2(C)O. The highest BCUT2D eigenvalue weighted by molar-refractivity contribution is 5.74. The highest BCUT2D eigenvalue weighted by Crippen LogP contribution is 2.63. The smallest absolute Gasteiger partial charge is 0.413 e. The number of hydrogen-bond acceptors (Lipinski definition) is 5. The zero-order chi connectivity index (χ0) is 23.8. The number of benzene rings is 1. The zero-order valence-corrected chi connectivity index (χ0v) is 20.7. The molecule has 1 aromatic rings. The Labute approximate surface area is 197 Å². The topological polar surface area (TPSA) is 71.0 Å². The van der Waals surface area contributed by atoms with Gasteiger partial charge in [-0.15, -0.1) is 0 Å². The van der Waals surface area contributed by atoms with Gasteiger partial charge in [0.05, 0.1) is 11.0 Å². The lowest BCUT2D eigenvalue weighted by Crippen LogP contribution is -2.73. The van der Waals surface area contributed by atoms with E-state index < -0.39 is 22.6 Å². The maximum absolute atomic E-state index is 12.6. The quantitative estimate of drug-likeness (QED) is 0.648. The molecule has 2 aliphatic carbocycles. The molecule has 2 aliphatic heterocycles. The van der Waals surface area contributed by atoms with Gasteiger partial charge in [0.15, 0.2) is 11.5 Å². The molecule has 1 aromatic carbocycles. The van der Waals surface area contributed by atoms with E-state index in [-0.39, 0.29) is 12.1 Å². The van der Waals surface area contributed by atoms with Crippen LogP contribution in [0.25, 0.3) is 0 Å². The number of nitrogens with zero attached hydrogens (tertiary/aromatic N) is 1. The van der Waals surface area contributed by atoms with E-state index in [1.165, 1.54) is 18.4 Å². The fourth-order valence-corrected chi connectivity index (χ4v) is 6.40. The van der Waals surface area contributed by atoms with Gasteiger partial charge in [-0.3, -0.25) is 4.90 Å². The summed E-state index contributed by atoms with van der Waals surface area (Å²) in [6, 6.07) is 3.95. The van der Waals surface area contributed by atoms with Crippen molar-refractivity contribution in [2.75, 3.05) is 13.1 Å². The molecule has 0 aromatic heterocycles. The number of amides is 1. The number of ether oxygens (including phenoxy) is 2. The first-order valence-electron chi connectivity index (χ1n) is 12.4. The van der Waals surface area contributed by atoms with Gasteiger partial charge in [0, 0.05) is 23.7 Å². The summed E-state index contributed by atoms with van der Waals surface area (Å²) in [5.74, 6) is 1.78. The first-order valence-corrected chi connectivity index (χ1v) is 12.4. The second-order valence-electron chi connectivity index (χ2n) is 11.7. The second-order valence-corrected chi connectivity index (χ2v) is 11.7. The Morgan fingerprint density at radius 1 is 1.36 bits per heavy atom. The summed E-state index contributed by atoms with van der Waals surface area (Å²) in [5.41, 5.74) is 1.21. The van der Waals surface area contributed by atoms with Crippen molar-refractivity contribution < 1.29 is 19.4 Å². The molecule has 2 bridgehead atoms. The first kappa shape index (κ1) is 22.7. The van der Waals surface area contributed by atoms with Gasteiger partial charge >= 0.3 is 6.09 Å². The van der Waals surface area contributed by atoms with Crippen molar-refractivity contribution >= 4 is 6.09 Å². The molecular formula is C27H38N2O4. The molecule has 6 heteroatoms. The molecule has 1 unspecified atom stereocenters. The monoisotopic (exact) mass is 454 g/mol. The van der Waals surface area contributed by atoms with Crippen LogP contribution in [0.15, 0.2) is 24.3 Å². The number of carbonyl (C=O) groups is 1. The molecule has 33 heavy (non-hydrogen) atoms. The van der Waals surface area contributed by atoms with Gasteiger partial charge in [-0.05, 0) is 89.5 Å². The average molecular weight is 455 g/mol. The lowest BCUT2D eigenvalue weighted by molar-refractivity contribution is -0.149. The number of nitrogens with one attached hydrogen (secondary N) is 1. The van der Waals surface area contributed by atoms with Gasteiger partial charge in [0.2, 0.25) is 0 Å². The fraction of sp³-hybridized carbons (Fsp3) is 0.667. The van der Waals surface area contributed by atoms with E-state index in [0.717, 1.165) is 49.4 Å². The molecule has 1 saturated heterocycles. The van der Waals surface area contributed by atoms with Crippen molar-refractivity contribution in [3.05, 3.63) is 35.4 Å². The van der Waals surface area contributed by atoms with Crippen molar-refractivity contribution in [3.63, 3.8) is 0 Å². The predicted octanol–water partition coefficient (Wildman–Crippen LogP) is 4.33. The molecule has 2 heterocycles. The number of likely N-dealkylation sites (tertiary alicyclic amines) is 1. The number of aliphatic hydroxyl groups is 1. The molecule has 180 valence electrons. The highest BCUT2D eigenvalue weighted by Gasteiger charge is 2.68. The standard InChI is InChI=1S/C27H38N2O4/c1-7-16(2)23-27-12-13-29(15-17-8-9-17)20(26(27,6)31)14-18-10-11-19(22(33-23)21(18)27)32-24(30)28-25(3,4)5/h10-11,17,20,23,31H,2,7-9,12-15H2,1,3-6H3,(H,28,30)/t20?,23-,26+,27-/m0/s1. The number of carbonyl (C=O) groups excluding carboxylic acids is 1. The van der Waals surface area contributed by atoms with Crippen LogP contribution in [0, 0.1) is 5.92 Å². The summed E-state index contributed by atoms with van der Waals surface area (Å²) in [4.78, 5) is 15.1. The van der Waals surface area contributed by atoms with Gasteiger partial charge in [0.1, 0.15) is 6.10 Å². The van der Waals surface area contributed by atoms with Gasteiger partial charge in [-0.25, -0.2) is 4.79 Å². The van der Waals surface area contributed by atoms with E-state index >= 15 is 0 Å². The summed E-state index contributed by atoms with van der Waals surface area (Å²) in [5, 5.41) is 15.1. The molecule has 5 rings (SSSR count). The molecule has 4 atom stereocenters. The van der Waals surface area contributed by atoms with Crippen LogP contribution >= 0.6 is 0 Å². The van der Waals surface area contributed by atoms with Crippen LogP contribution in [0.4, 0.5) is 4.79 Å². The van der Waals surface area contributed by atoms with Crippen molar-refractivity contribution in [1.29, 1.82) is 0 Å². The highest BCUT2D eigenvalue weighted by atomic mass is 16.6. The van der Waals surface area contributed by atoms with Crippen molar-refractivity contribution in [1.82, 2.24) is 10.2 Å². The Bertz CT molecular complexity index is 991. The van der Waals surface area contributed by atoms with E-state index in [2.05, 4.69) is 29.8 Å². The molecule has 1 saturated carbocycles. The minimum Gasteiger partial charge on any atom is -0.481 e. The van der Waals surface area contributed by atoms with Crippen LogP contribution in [0.2, 0.25) is 0 Å². The molecule has 1 amide bonds. The summed E-state index contributed by atoms with van der Waals surface area (Å²) >= 11 is 0. The number of fused-ring (bicyclic) bond motifs is 1. The van der Waals surface area contributed by atoms with Gasteiger partial charge in [0.25, 0.3) is 0 Å². The minimum atomic E-state index is -0.979. The summed E-state index contributed by atoms with van der Waals surface area (Å²) in [6.07, 6.45) is 4.08. The van der Waals surface area contributed by atoms with Crippen molar-refractivity contribution in [2.45, 2.75) is 95.4 Å². The van der Waals surface area contributed by atoms with Crippen LogP contribution < -0.4 is 14.8 Å². The largest absolute Gasteiger partial charge is 0.481 e. The Morgan fingerprint density at radius 3 is 2.73 bits per heavy atom. The lowest BCUT2D eigenvalue weighted by Gasteiger charge is -2.60. The first-order chi connectivity index (χ1) is 15.5. The zero-order valence-electron chi connectivity index (χ0n) is 20.7. The van der Waals surface area contributed by atoms with Crippen LogP contribution in [-0.2, 0) is 11.8 Å².